The van der Waals surface area contributed by atoms with Crippen molar-refractivity contribution >= 4 is 5.95 Å². The molecule has 0 spiro atoms. The number of anilines is 1. The van der Waals surface area contributed by atoms with E-state index in [4.69, 9.17) is 4.98 Å². The minimum Gasteiger partial charge on any atom is -0.332 e. The average molecular weight is 336 g/mol. The molecule has 4 rings (SSSR count). The number of rotatable bonds is 5. The van der Waals surface area contributed by atoms with E-state index in [2.05, 4.69) is 47.5 Å². The molecule has 0 bridgehead atoms. The van der Waals surface area contributed by atoms with E-state index < -0.39 is 0 Å². The van der Waals surface area contributed by atoms with Crippen LogP contribution in [0.25, 0.3) is 0 Å². The largest absolute Gasteiger partial charge is 0.332 e. The van der Waals surface area contributed by atoms with Gasteiger partial charge < -0.3 is 9.47 Å². The first-order valence-electron chi connectivity index (χ1n) is 8.27. The Balaban J connectivity index is 1.42. The van der Waals surface area contributed by atoms with E-state index in [-0.39, 0.29) is 0 Å². The molecule has 8 heteroatoms. The van der Waals surface area contributed by atoms with Crippen molar-refractivity contribution in [3.05, 3.63) is 60.5 Å². The van der Waals surface area contributed by atoms with Crippen LogP contribution in [0.2, 0.25) is 0 Å². The summed E-state index contributed by atoms with van der Waals surface area (Å²) < 4.78 is 2.23. The van der Waals surface area contributed by atoms with Gasteiger partial charge in [0.1, 0.15) is 12.2 Å². The molecule has 1 aliphatic heterocycles. The lowest BCUT2D eigenvalue weighted by Gasteiger charge is -2.27. The molecule has 8 nitrogen and oxygen atoms in total. The van der Waals surface area contributed by atoms with Crippen molar-refractivity contribution in [1.82, 2.24) is 34.4 Å². The van der Waals surface area contributed by atoms with Crippen molar-refractivity contribution in [3.8, 4) is 0 Å². The van der Waals surface area contributed by atoms with Crippen LogP contribution in [0.5, 0.6) is 0 Å². The molecule has 4 heterocycles. The van der Waals surface area contributed by atoms with Gasteiger partial charge in [-0.3, -0.25) is 4.90 Å². The first-order valence-corrected chi connectivity index (χ1v) is 8.27. The topological polar surface area (TPSA) is 75.9 Å². The SMILES string of the molecule is CN(Cc1cncnc1)Cc1cn2c(n1)CN(c1ncccn1)CC2. The third-order valence-corrected chi connectivity index (χ3v) is 4.19. The van der Waals surface area contributed by atoms with Gasteiger partial charge in [0.05, 0.1) is 12.2 Å². The molecule has 3 aromatic heterocycles. The molecular weight excluding hydrogens is 316 g/mol. The quantitative estimate of drug-likeness (QED) is 0.691. The zero-order valence-corrected chi connectivity index (χ0v) is 14.2. The molecule has 0 saturated heterocycles. The maximum Gasteiger partial charge on any atom is 0.225 e. The van der Waals surface area contributed by atoms with Gasteiger partial charge >= 0.3 is 0 Å². The number of fused-ring (bicyclic) bond motifs is 1. The number of hydrogen-bond acceptors (Lipinski definition) is 7. The fourth-order valence-corrected chi connectivity index (χ4v) is 3.07. The molecule has 0 aromatic carbocycles. The van der Waals surface area contributed by atoms with Crippen LogP contribution in [0.4, 0.5) is 5.95 Å². The second-order valence-corrected chi connectivity index (χ2v) is 6.23. The summed E-state index contributed by atoms with van der Waals surface area (Å²) in [7, 11) is 2.08. The smallest absolute Gasteiger partial charge is 0.225 e. The van der Waals surface area contributed by atoms with Gasteiger partial charge in [-0.25, -0.2) is 24.9 Å². The van der Waals surface area contributed by atoms with E-state index in [1.54, 1.807) is 18.7 Å². The molecule has 25 heavy (non-hydrogen) atoms. The highest BCUT2D eigenvalue weighted by atomic mass is 15.3. The van der Waals surface area contributed by atoms with Crippen LogP contribution in [0, 0.1) is 0 Å². The molecule has 0 radical (unpaired) electrons. The van der Waals surface area contributed by atoms with E-state index in [1.165, 1.54) is 0 Å². The van der Waals surface area contributed by atoms with Crippen LogP contribution in [-0.2, 0) is 26.2 Å². The van der Waals surface area contributed by atoms with Crippen molar-refractivity contribution in [3.63, 3.8) is 0 Å². The Kier molecular flexibility index (Phi) is 4.34. The standard InChI is InChI=1S/C17H20N8/c1-23(9-14-7-18-13-19-8-14)10-15-11-24-5-6-25(12-16(24)22-15)17-20-3-2-4-21-17/h2-4,7-8,11,13H,5-6,9-10,12H2,1H3. The Morgan fingerprint density at radius 2 is 1.88 bits per heavy atom. The maximum absolute atomic E-state index is 4.80. The van der Waals surface area contributed by atoms with Crippen LogP contribution in [0.3, 0.4) is 0 Å². The lowest BCUT2D eigenvalue weighted by atomic mass is 10.3. The number of imidazole rings is 1. The Bertz CT molecular complexity index is 817. The lowest BCUT2D eigenvalue weighted by molar-refractivity contribution is 0.314. The number of nitrogens with zero attached hydrogens (tertiary/aromatic N) is 8. The van der Waals surface area contributed by atoms with Gasteiger partial charge in [0.15, 0.2) is 0 Å². The fourth-order valence-electron chi connectivity index (χ4n) is 3.07. The van der Waals surface area contributed by atoms with Crippen molar-refractivity contribution in [2.45, 2.75) is 26.2 Å². The zero-order chi connectivity index (χ0) is 17.1. The summed E-state index contributed by atoms with van der Waals surface area (Å²) >= 11 is 0. The van der Waals surface area contributed by atoms with Gasteiger partial charge in [0.2, 0.25) is 5.95 Å². The molecule has 0 aliphatic carbocycles. The van der Waals surface area contributed by atoms with Crippen molar-refractivity contribution in [1.29, 1.82) is 0 Å². The van der Waals surface area contributed by atoms with Crippen molar-refractivity contribution < 1.29 is 0 Å². The second kappa shape index (κ2) is 6.94. The molecule has 0 N–H and O–H groups in total. The summed E-state index contributed by atoms with van der Waals surface area (Å²) in [6.07, 6.45) is 10.9. The summed E-state index contributed by atoms with van der Waals surface area (Å²) in [6, 6.07) is 1.83. The van der Waals surface area contributed by atoms with Crippen LogP contribution in [0.1, 0.15) is 17.1 Å². The first-order chi connectivity index (χ1) is 12.3. The van der Waals surface area contributed by atoms with E-state index in [0.717, 1.165) is 55.8 Å². The maximum atomic E-state index is 4.80. The molecule has 0 atom stereocenters. The molecule has 0 amide bonds. The zero-order valence-electron chi connectivity index (χ0n) is 14.2. The highest BCUT2D eigenvalue weighted by molar-refractivity contribution is 5.30. The molecule has 128 valence electrons. The van der Waals surface area contributed by atoms with Gasteiger partial charge in [-0.2, -0.15) is 0 Å². The minimum atomic E-state index is 0.736. The van der Waals surface area contributed by atoms with Crippen LogP contribution in [0.15, 0.2) is 43.4 Å². The second-order valence-electron chi connectivity index (χ2n) is 6.23. The number of aromatic nitrogens is 6. The van der Waals surface area contributed by atoms with Crippen molar-refractivity contribution in [2.24, 2.45) is 0 Å². The van der Waals surface area contributed by atoms with E-state index in [9.17, 15) is 0 Å². The van der Waals surface area contributed by atoms with Gasteiger partial charge in [-0.1, -0.05) is 0 Å². The summed E-state index contributed by atoms with van der Waals surface area (Å²) in [4.78, 5) is 26.0. The Morgan fingerprint density at radius 1 is 1.08 bits per heavy atom. The lowest BCUT2D eigenvalue weighted by Crippen LogP contribution is -2.34. The summed E-state index contributed by atoms with van der Waals surface area (Å²) in [5, 5.41) is 0. The molecule has 0 fully saturated rings. The van der Waals surface area contributed by atoms with E-state index >= 15 is 0 Å². The highest BCUT2D eigenvalue weighted by Gasteiger charge is 2.20. The van der Waals surface area contributed by atoms with Crippen LogP contribution >= 0.6 is 0 Å². The predicted molar refractivity (Wildman–Crippen MR) is 92.5 cm³/mol. The third-order valence-electron chi connectivity index (χ3n) is 4.19. The minimum absolute atomic E-state index is 0.736. The Hall–Kier alpha value is -2.87. The van der Waals surface area contributed by atoms with Crippen LogP contribution in [-0.4, -0.2) is 48.0 Å². The molecule has 0 unspecified atom stereocenters. The molecule has 3 aromatic rings. The van der Waals surface area contributed by atoms with E-state index in [0.29, 0.717) is 0 Å². The third kappa shape index (κ3) is 3.63. The Morgan fingerprint density at radius 3 is 2.68 bits per heavy atom. The molecule has 1 aliphatic rings. The average Bonchev–Trinajstić information content (AvgIpc) is 3.04. The van der Waals surface area contributed by atoms with Gasteiger partial charge in [-0.15, -0.1) is 0 Å². The molecule has 0 saturated carbocycles. The van der Waals surface area contributed by atoms with E-state index in [1.807, 2.05) is 18.5 Å². The fraction of sp³-hybridized carbons (Fsp3) is 0.353. The predicted octanol–water partition coefficient (Wildman–Crippen LogP) is 1.12. The highest BCUT2D eigenvalue weighted by Crippen LogP contribution is 2.17. The first kappa shape index (κ1) is 15.6. The van der Waals surface area contributed by atoms with Gasteiger partial charge in [0, 0.05) is 62.7 Å². The summed E-state index contributed by atoms with van der Waals surface area (Å²) in [6.45, 7) is 4.12. The molecular formula is C17H20N8. The Labute approximate surface area is 146 Å². The van der Waals surface area contributed by atoms with Crippen molar-refractivity contribution in [2.75, 3.05) is 18.5 Å². The summed E-state index contributed by atoms with van der Waals surface area (Å²) in [5.41, 5.74) is 2.17. The monoisotopic (exact) mass is 336 g/mol. The summed E-state index contributed by atoms with van der Waals surface area (Å²) in [5.74, 6) is 1.82. The van der Waals surface area contributed by atoms with Gasteiger partial charge in [-0.05, 0) is 13.1 Å². The van der Waals surface area contributed by atoms with Crippen LogP contribution < -0.4 is 4.90 Å². The van der Waals surface area contributed by atoms with Gasteiger partial charge in [0.25, 0.3) is 0 Å². The normalized spacial score (nSPS) is 13.9. The number of hydrogen-bond donors (Lipinski definition) is 0.